The number of sulfonamides is 1. The van der Waals surface area contributed by atoms with Crippen LogP contribution >= 0.6 is 0 Å². The summed E-state index contributed by atoms with van der Waals surface area (Å²) in [5.74, 6) is 1.00. The Labute approximate surface area is 108 Å². The molecule has 0 spiro atoms. The van der Waals surface area contributed by atoms with Gasteiger partial charge in [-0.25, -0.2) is 17.7 Å². The van der Waals surface area contributed by atoms with Crippen molar-refractivity contribution in [2.24, 2.45) is 7.05 Å². The second-order valence-electron chi connectivity index (χ2n) is 4.77. The van der Waals surface area contributed by atoms with Gasteiger partial charge in [0.1, 0.15) is 5.82 Å². The number of hydrogen-bond acceptors (Lipinski definition) is 4. The molecule has 102 valence electrons. The van der Waals surface area contributed by atoms with Crippen molar-refractivity contribution in [3.8, 4) is 0 Å². The summed E-state index contributed by atoms with van der Waals surface area (Å²) in [6, 6.07) is 0.375. The van der Waals surface area contributed by atoms with Crippen LogP contribution in [0.2, 0.25) is 0 Å². The third kappa shape index (κ3) is 3.30. The average molecular weight is 272 g/mol. The lowest BCUT2D eigenvalue weighted by Crippen LogP contribution is -2.44. The molecule has 0 amide bonds. The summed E-state index contributed by atoms with van der Waals surface area (Å²) in [5, 5.41) is 3.43. The third-order valence-electron chi connectivity index (χ3n) is 3.39. The van der Waals surface area contributed by atoms with E-state index in [4.69, 9.17) is 0 Å². The first-order valence-electron chi connectivity index (χ1n) is 6.11. The van der Waals surface area contributed by atoms with E-state index < -0.39 is 10.0 Å². The number of hydrogen-bond donors (Lipinski definition) is 1. The molecule has 0 atom stereocenters. The summed E-state index contributed by atoms with van der Waals surface area (Å²) in [5.41, 5.74) is 0. The second kappa shape index (κ2) is 5.38. The van der Waals surface area contributed by atoms with Crippen LogP contribution < -0.4 is 5.32 Å². The molecule has 18 heavy (non-hydrogen) atoms. The molecule has 1 aromatic rings. The number of nitrogens with one attached hydrogen (secondary N) is 1. The molecule has 2 rings (SSSR count). The van der Waals surface area contributed by atoms with Crippen LogP contribution in [0.15, 0.2) is 12.4 Å². The van der Waals surface area contributed by atoms with Crippen molar-refractivity contribution in [2.45, 2.75) is 25.4 Å². The molecule has 7 heteroatoms. The quantitative estimate of drug-likeness (QED) is 0.833. The predicted octanol–water partition coefficient (Wildman–Crippen LogP) is -0.0663. The topological polar surface area (TPSA) is 67.2 Å². The third-order valence-corrected chi connectivity index (χ3v) is 4.70. The fourth-order valence-corrected chi connectivity index (χ4v) is 3.07. The van der Waals surface area contributed by atoms with Gasteiger partial charge in [-0.2, -0.15) is 0 Å². The Kier molecular flexibility index (Phi) is 4.04. The lowest BCUT2D eigenvalue weighted by atomic mass is 10.1. The van der Waals surface area contributed by atoms with Crippen LogP contribution in [0.25, 0.3) is 0 Å². The zero-order valence-corrected chi connectivity index (χ0v) is 11.7. The number of nitrogens with zero attached hydrogens (tertiary/aromatic N) is 3. The first-order chi connectivity index (χ1) is 8.47. The summed E-state index contributed by atoms with van der Waals surface area (Å²) in [4.78, 5) is 4.25. The molecule has 0 radical (unpaired) electrons. The lowest BCUT2D eigenvalue weighted by Gasteiger charge is -2.30. The molecule has 1 N–H and O–H groups in total. The van der Waals surface area contributed by atoms with E-state index in [0.717, 1.165) is 25.2 Å². The molecule has 0 bridgehead atoms. The predicted molar refractivity (Wildman–Crippen MR) is 69.5 cm³/mol. The zero-order valence-electron chi connectivity index (χ0n) is 10.8. The van der Waals surface area contributed by atoms with Gasteiger partial charge < -0.3 is 9.88 Å². The molecule has 0 aromatic carbocycles. The molecule has 0 unspecified atom stereocenters. The number of aromatic nitrogens is 2. The van der Waals surface area contributed by atoms with E-state index in [1.807, 2.05) is 17.8 Å². The first-order valence-corrected chi connectivity index (χ1v) is 7.96. The monoisotopic (exact) mass is 272 g/mol. The van der Waals surface area contributed by atoms with Crippen LogP contribution in [0.5, 0.6) is 0 Å². The van der Waals surface area contributed by atoms with E-state index in [-0.39, 0.29) is 0 Å². The molecular weight excluding hydrogens is 252 g/mol. The number of rotatable bonds is 4. The van der Waals surface area contributed by atoms with Gasteiger partial charge in [-0.3, -0.25) is 0 Å². The van der Waals surface area contributed by atoms with E-state index in [2.05, 4.69) is 10.3 Å². The smallest absolute Gasteiger partial charge is 0.211 e. The van der Waals surface area contributed by atoms with Crippen LogP contribution in [0.1, 0.15) is 18.7 Å². The van der Waals surface area contributed by atoms with Gasteiger partial charge in [0.15, 0.2) is 0 Å². The molecular formula is C11H20N4O2S. The van der Waals surface area contributed by atoms with Gasteiger partial charge in [0, 0.05) is 38.6 Å². The van der Waals surface area contributed by atoms with Gasteiger partial charge in [-0.1, -0.05) is 0 Å². The van der Waals surface area contributed by atoms with Crippen LogP contribution in [-0.4, -0.2) is 47.7 Å². The Bertz CT molecular complexity index is 489. The van der Waals surface area contributed by atoms with Gasteiger partial charge in [-0.05, 0) is 12.8 Å². The largest absolute Gasteiger partial charge is 0.337 e. The van der Waals surface area contributed by atoms with Crippen molar-refractivity contribution in [1.82, 2.24) is 19.2 Å². The van der Waals surface area contributed by atoms with Crippen molar-refractivity contribution in [3.63, 3.8) is 0 Å². The molecule has 1 fully saturated rings. The van der Waals surface area contributed by atoms with Crippen LogP contribution in [0.3, 0.4) is 0 Å². The van der Waals surface area contributed by atoms with Gasteiger partial charge in [0.05, 0.1) is 12.8 Å². The second-order valence-corrected chi connectivity index (χ2v) is 6.75. The minimum atomic E-state index is -3.03. The van der Waals surface area contributed by atoms with E-state index in [1.165, 1.54) is 6.26 Å². The van der Waals surface area contributed by atoms with E-state index in [1.54, 1.807) is 10.5 Å². The van der Waals surface area contributed by atoms with Gasteiger partial charge in [0.2, 0.25) is 10.0 Å². The van der Waals surface area contributed by atoms with Crippen LogP contribution in [-0.2, 0) is 23.6 Å². The summed E-state index contributed by atoms with van der Waals surface area (Å²) in [7, 11) is -1.06. The van der Waals surface area contributed by atoms with Crippen molar-refractivity contribution in [1.29, 1.82) is 0 Å². The highest BCUT2D eigenvalue weighted by Gasteiger charge is 2.24. The summed E-state index contributed by atoms with van der Waals surface area (Å²) >= 11 is 0. The van der Waals surface area contributed by atoms with Gasteiger partial charge in [-0.15, -0.1) is 0 Å². The Morgan fingerprint density at radius 1 is 1.44 bits per heavy atom. The molecule has 1 aliphatic rings. The highest BCUT2D eigenvalue weighted by Crippen LogP contribution is 2.13. The molecule has 0 aliphatic carbocycles. The fourth-order valence-electron chi connectivity index (χ4n) is 2.19. The van der Waals surface area contributed by atoms with Gasteiger partial charge >= 0.3 is 0 Å². The van der Waals surface area contributed by atoms with Crippen molar-refractivity contribution in [3.05, 3.63) is 18.2 Å². The van der Waals surface area contributed by atoms with Crippen molar-refractivity contribution < 1.29 is 8.42 Å². The summed E-state index contributed by atoms with van der Waals surface area (Å²) < 4.78 is 26.3. The van der Waals surface area contributed by atoms with E-state index >= 15 is 0 Å². The molecule has 6 nitrogen and oxygen atoms in total. The lowest BCUT2D eigenvalue weighted by molar-refractivity contribution is 0.288. The molecule has 1 saturated heterocycles. The summed E-state index contributed by atoms with van der Waals surface area (Å²) in [6.45, 7) is 1.95. The minimum Gasteiger partial charge on any atom is -0.337 e. The maximum Gasteiger partial charge on any atom is 0.211 e. The Morgan fingerprint density at radius 3 is 2.61 bits per heavy atom. The SMILES string of the molecule is Cn1ccnc1CNC1CCN(S(C)(=O)=O)CC1. The van der Waals surface area contributed by atoms with E-state index in [9.17, 15) is 8.42 Å². The van der Waals surface area contributed by atoms with E-state index in [0.29, 0.717) is 19.1 Å². The summed E-state index contributed by atoms with van der Waals surface area (Å²) in [6.07, 6.45) is 6.69. The minimum absolute atomic E-state index is 0.375. The Hall–Kier alpha value is -0.920. The van der Waals surface area contributed by atoms with Gasteiger partial charge in [0.25, 0.3) is 0 Å². The number of imidazole rings is 1. The molecule has 2 heterocycles. The number of piperidine rings is 1. The molecule has 0 saturated carbocycles. The average Bonchev–Trinajstić information content (AvgIpc) is 2.72. The molecule has 1 aromatic heterocycles. The van der Waals surface area contributed by atoms with Crippen molar-refractivity contribution in [2.75, 3.05) is 19.3 Å². The normalized spacial score (nSPS) is 19.2. The van der Waals surface area contributed by atoms with Crippen molar-refractivity contribution >= 4 is 10.0 Å². The standard InChI is InChI=1S/C11H20N4O2S/c1-14-8-5-12-11(14)9-13-10-3-6-15(7-4-10)18(2,16)17/h5,8,10,13H,3-4,6-7,9H2,1-2H3. The maximum atomic E-state index is 11.4. The fraction of sp³-hybridized carbons (Fsp3) is 0.727. The molecule has 1 aliphatic heterocycles. The first kappa shape index (κ1) is 13.5. The Morgan fingerprint density at radius 2 is 2.11 bits per heavy atom. The number of aryl methyl sites for hydroxylation is 1. The Balaban J connectivity index is 1.79. The van der Waals surface area contributed by atoms with Crippen LogP contribution in [0, 0.1) is 0 Å². The highest BCUT2D eigenvalue weighted by atomic mass is 32.2. The maximum absolute atomic E-state index is 11.4. The zero-order chi connectivity index (χ0) is 13.2. The van der Waals surface area contributed by atoms with Crippen LogP contribution in [0.4, 0.5) is 0 Å². The highest BCUT2D eigenvalue weighted by molar-refractivity contribution is 7.88.